The minimum absolute atomic E-state index is 0.0828. The number of pyridine rings is 1. The number of piperazine rings is 1. The summed E-state index contributed by atoms with van der Waals surface area (Å²) in [6.45, 7) is 2.92. The van der Waals surface area contributed by atoms with Gasteiger partial charge in [-0.05, 0) is 48.5 Å². The third-order valence-electron chi connectivity index (χ3n) is 6.29. The first-order chi connectivity index (χ1) is 18.2. The lowest BCUT2D eigenvalue weighted by Gasteiger charge is -2.36. The molecule has 1 aliphatic rings. The Labute approximate surface area is 220 Å². The van der Waals surface area contributed by atoms with Gasteiger partial charge < -0.3 is 19.3 Å². The zero-order valence-electron chi connectivity index (χ0n) is 20.8. The molecule has 10 heteroatoms. The third-order valence-corrected chi connectivity index (χ3v) is 7.21. The maximum Gasteiger partial charge on any atom is 0.233 e. The SMILES string of the molecule is COc1ccc(N2CCN(C(=O)CSc3nnc(-c4ccncc4)n3-c3ccccc3OC)CC2)cc1. The van der Waals surface area contributed by atoms with Crippen molar-refractivity contribution < 1.29 is 14.3 Å². The van der Waals surface area contributed by atoms with Crippen molar-refractivity contribution in [2.75, 3.05) is 51.1 Å². The Balaban J connectivity index is 1.29. The van der Waals surface area contributed by atoms with E-state index in [9.17, 15) is 4.79 Å². The predicted molar refractivity (Wildman–Crippen MR) is 144 cm³/mol. The summed E-state index contributed by atoms with van der Waals surface area (Å²) in [5.74, 6) is 2.55. The number of carbonyl (C=O) groups is 1. The highest BCUT2D eigenvalue weighted by Gasteiger charge is 2.24. The maximum absolute atomic E-state index is 13.1. The van der Waals surface area contributed by atoms with Crippen LogP contribution in [-0.2, 0) is 4.79 Å². The van der Waals surface area contributed by atoms with E-state index in [0.29, 0.717) is 29.8 Å². The number of anilines is 1. The standard InChI is InChI=1S/C27H28N6O3S/c1-35-22-9-7-21(8-10-22)31-15-17-32(18-16-31)25(34)19-37-27-30-29-26(20-11-13-28-14-12-20)33(27)23-5-3-4-6-24(23)36-2/h3-14H,15-19H2,1-2H3. The van der Waals surface area contributed by atoms with E-state index in [2.05, 4.69) is 32.2 Å². The Morgan fingerprint density at radius 1 is 0.892 bits per heavy atom. The quantitative estimate of drug-likeness (QED) is 0.327. The Morgan fingerprint density at radius 2 is 1.62 bits per heavy atom. The third kappa shape index (κ3) is 5.39. The zero-order valence-corrected chi connectivity index (χ0v) is 21.6. The molecule has 0 spiro atoms. The first-order valence-corrected chi connectivity index (χ1v) is 13.0. The molecule has 0 radical (unpaired) electrons. The summed E-state index contributed by atoms with van der Waals surface area (Å²) < 4.78 is 12.8. The van der Waals surface area contributed by atoms with Crippen LogP contribution in [0.5, 0.6) is 11.5 Å². The molecule has 0 bridgehead atoms. The van der Waals surface area contributed by atoms with E-state index in [1.54, 1.807) is 26.6 Å². The average Bonchev–Trinajstić information content (AvgIpc) is 3.40. The number of amides is 1. The molecule has 1 aliphatic heterocycles. The van der Waals surface area contributed by atoms with E-state index in [-0.39, 0.29) is 11.7 Å². The van der Waals surface area contributed by atoms with Gasteiger partial charge in [0.25, 0.3) is 0 Å². The van der Waals surface area contributed by atoms with Gasteiger partial charge in [-0.3, -0.25) is 14.3 Å². The van der Waals surface area contributed by atoms with Crippen molar-refractivity contribution in [3.05, 3.63) is 73.1 Å². The highest BCUT2D eigenvalue weighted by atomic mass is 32.2. The number of carbonyl (C=O) groups excluding carboxylic acids is 1. The first kappa shape index (κ1) is 24.6. The van der Waals surface area contributed by atoms with E-state index in [0.717, 1.165) is 35.8 Å². The fraction of sp³-hybridized carbons (Fsp3) is 0.259. The number of aromatic nitrogens is 4. The van der Waals surface area contributed by atoms with Gasteiger partial charge >= 0.3 is 0 Å². The summed E-state index contributed by atoms with van der Waals surface area (Å²) in [5.41, 5.74) is 2.82. The van der Waals surface area contributed by atoms with Crippen LogP contribution in [0, 0.1) is 0 Å². The number of hydrogen-bond donors (Lipinski definition) is 0. The molecule has 2 aromatic heterocycles. The average molecular weight is 517 g/mol. The normalized spacial score (nSPS) is 13.5. The second-order valence-electron chi connectivity index (χ2n) is 8.40. The maximum atomic E-state index is 13.1. The fourth-order valence-electron chi connectivity index (χ4n) is 4.31. The Morgan fingerprint density at radius 3 is 2.32 bits per heavy atom. The van der Waals surface area contributed by atoms with Gasteiger partial charge in [0, 0.05) is 49.8 Å². The summed E-state index contributed by atoms with van der Waals surface area (Å²) in [7, 11) is 3.30. The van der Waals surface area contributed by atoms with E-state index in [1.807, 2.05) is 58.0 Å². The number of thioether (sulfide) groups is 1. The Kier molecular flexibility index (Phi) is 7.55. The monoisotopic (exact) mass is 516 g/mol. The molecule has 1 saturated heterocycles. The van der Waals surface area contributed by atoms with Crippen molar-refractivity contribution in [3.8, 4) is 28.6 Å². The highest BCUT2D eigenvalue weighted by molar-refractivity contribution is 7.99. The van der Waals surface area contributed by atoms with Gasteiger partial charge in [0.2, 0.25) is 5.91 Å². The second-order valence-corrected chi connectivity index (χ2v) is 9.35. The van der Waals surface area contributed by atoms with Crippen LogP contribution in [-0.4, -0.2) is 76.7 Å². The van der Waals surface area contributed by atoms with Crippen molar-refractivity contribution in [2.24, 2.45) is 0 Å². The van der Waals surface area contributed by atoms with Crippen LogP contribution in [0.2, 0.25) is 0 Å². The van der Waals surface area contributed by atoms with E-state index in [1.165, 1.54) is 11.8 Å². The minimum Gasteiger partial charge on any atom is -0.497 e. The molecule has 0 unspecified atom stereocenters. The van der Waals surface area contributed by atoms with E-state index >= 15 is 0 Å². The van der Waals surface area contributed by atoms with Gasteiger partial charge in [-0.2, -0.15) is 0 Å². The highest BCUT2D eigenvalue weighted by Crippen LogP contribution is 2.32. The molecule has 1 fully saturated rings. The van der Waals surface area contributed by atoms with Gasteiger partial charge in [-0.25, -0.2) is 0 Å². The molecule has 0 atom stereocenters. The minimum atomic E-state index is 0.0828. The molecule has 9 nitrogen and oxygen atoms in total. The van der Waals surface area contributed by atoms with Crippen molar-refractivity contribution in [2.45, 2.75) is 5.16 Å². The van der Waals surface area contributed by atoms with Crippen LogP contribution in [0.3, 0.4) is 0 Å². The Hall–Kier alpha value is -4.05. The number of para-hydroxylation sites is 2. The number of ether oxygens (including phenoxy) is 2. The zero-order chi connectivity index (χ0) is 25.6. The molecule has 0 N–H and O–H groups in total. The molecule has 3 heterocycles. The molecule has 5 rings (SSSR count). The molecule has 37 heavy (non-hydrogen) atoms. The Bertz CT molecular complexity index is 1340. The van der Waals surface area contributed by atoms with Crippen molar-refractivity contribution in [1.82, 2.24) is 24.6 Å². The van der Waals surface area contributed by atoms with Crippen LogP contribution in [0.25, 0.3) is 17.1 Å². The van der Waals surface area contributed by atoms with Crippen molar-refractivity contribution >= 4 is 23.4 Å². The number of hydrogen-bond acceptors (Lipinski definition) is 8. The van der Waals surface area contributed by atoms with Crippen molar-refractivity contribution in [1.29, 1.82) is 0 Å². The van der Waals surface area contributed by atoms with Gasteiger partial charge in [0.05, 0.1) is 25.7 Å². The number of rotatable bonds is 8. The topological polar surface area (TPSA) is 85.6 Å². The van der Waals surface area contributed by atoms with Gasteiger partial charge in [0.1, 0.15) is 11.5 Å². The lowest BCUT2D eigenvalue weighted by Crippen LogP contribution is -2.49. The van der Waals surface area contributed by atoms with Crippen LogP contribution < -0.4 is 14.4 Å². The largest absolute Gasteiger partial charge is 0.497 e. The summed E-state index contributed by atoms with van der Waals surface area (Å²) in [6, 6.07) is 19.5. The fourth-order valence-corrected chi connectivity index (χ4v) is 5.16. The molecule has 0 saturated carbocycles. The van der Waals surface area contributed by atoms with Crippen molar-refractivity contribution in [3.63, 3.8) is 0 Å². The predicted octanol–water partition coefficient (Wildman–Crippen LogP) is 3.79. The number of nitrogens with zero attached hydrogens (tertiary/aromatic N) is 6. The van der Waals surface area contributed by atoms with Crippen LogP contribution in [0.4, 0.5) is 5.69 Å². The summed E-state index contributed by atoms with van der Waals surface area (Å²) >= 11 is 1.38. The molecule has 1 amide bonds. The smallest absolute Gasteiger partial charge is 0.233 e. The van der Waals surface area contributed by atoms with Gasteiger partial charge in [-0.1, -0.05) is 23.9 Å². The molecule has 0 aliphatic carbocycles. The van der Waals surface area contributed by atoms with Crippen LogP contribution >= 0.6 is 11.8 Å². The number of benzene rings is 2. The summed E-state index contributed by atoms with van der Waals surface area (Å²) in [6.07, 6.45) is 3.44. The van der Waals surface area contributed by atoms with Gasteiger partial charge in [0.15, 0.2) is 11.0 Å². The van der Waals surface area contributed by atoms with E-state index < -0.39 is 0 Å². The lowest BCUT2D eigenvalue weighted by atomic mass is 10.2. The molecule has 190 valence electrons. The van der Waals surface area contributed by atoms with Crippen LogP contribution in [0.1, 0.15) is 0 Å². The summed E-state index contributed by atoms with van der Waals surface area (Å²) in [4.78, 5) is 21.4. The second kappa shape index (κ2) is 11.3. The molecule has 2 aromatic carbocycles. The number of methoxy groups -OCH3 is 2. The van der Waals surface area contributed by atoms with Crippen LogP contribution in [0.15, 0.2) is 78.2 Å². The first-order valence-electron chi connectivity index (χ1n) is 12.0. The molecular formula is C27H28N6O3S. The summed E-state index contributed by atoms with van der Waals surface area (Å²) in [5, 5.41) is 9.52. The molecular weight excluding hydrogens is 488 g/mol. The molecule has 4 aromatic rings. The van der Waals surface area contributed by atoms with Gasteiger partial charge in [-0.15, -0.1) is 10.2 Å². The lowest BCUT2D eigenvalue weighted by molar-refractivity contribution is -0.128. The van der Waals surface area contributed by atoms with E-state index in [4.69, 9.17) is 9.47 Å².